The predicted octanol–water partition coefficient (Wildman–Crippen LogP) is 0.469. The van der Waals surface area contributed by atoms with Crippen molar-refractivity contribution < 1.29 is 9.32 Å². The smallest absolute Gasteiger partial charge is 0.240 e. The van der Waals surface area contributed by atoms with Crippen LogP contribution in [0.5, 0.6) is 0 Å². The van der Waals surface area contributed by atoms with Crippen LogP contribution >= 0.6 is 15.9 Å². The number of hydrogen-bond acceptors (Lipinski definition) is 6. The normalized spacial score (nSPS) is 10.5. The molecule has 0 saturated heterocycles. The third-order valence-corrected chi connectivity index (χ3v) is 2.44. The lowest BCUT2D eigenvalue weighted by Gasteiger charge is -1.95. The van der Waals surface area contributed by atoms with Gasteiger partial charge in [0.05, 0.1) is 13.1 Å². The Bertz CT molecular complexity index is 557. The number of aromatic nitrogens is 3. The standard InChI is InChI=1S/C10H10BrN5O2/c11-7-1-6(2-13-3-7)10-15-9(18-16-10)5-14-4-8(12)17/h1-3,14H,4-5H2,(H2,12,17). The van der Waals surface area contributed by atoms with Gasteiger partial charge in [-0.1, -0.05) is 5.16 Å². The molecule has 0 radical (unpaired) electrons. The van der Waals surface area contributed by atoms with Gasteiger partial charge in [-0.05, 0) is 22.0 Å². The Morgan fingerprint density at radius 3 is 3.06 bits per heavy atom. The van der Waals surface area contributed by atoms with Crippen LogP contribution in [-0.2, 0) is 11.3 Å². The number of carbonyl (C=O) groups is 1. The van der Waals surface area contributed by atoms with Gasteiger partial charge in [0.25, 0.3) is 0 Å². The van der Waals surface area contributed by atoms with Crippen molar-refractivity contribution in [1.29, 1.82) is 0 Å². The fourth-order valence-electron chi connectivity index (χ4n) is 1.27. The van der Waals surface area contributed by atoms with E-state index in [-0.39, 0.29) is 13.1 Å². The Balaban J connectivity index is 2.04. The second-order valence-corrected chi connectivity index (χ2v) is 4.39. The van der Waals surface area contributed by atoms with E-state index in [1.165, 1.54) is 0 Å². The summed E-state index contributed by atoms with van der Waals surface area (Å²) in [7, 11) is 0. The van der Waals surface area contributed by atoms with Crippen LogP contribution in [0.1, 0.15) is 5.89 Å². The molecule has 0 unspecified atom stereocenters. The number of pyridine rings is 1. The van der Waals surface area contributed by atoms with E-state index in [1.54, 1.807) is 12.4 Å². The van der Waals surface area contributed by atoms with Gasteiger partial charge in [-0.25, -0.2) is 0 Å². The Morgan fingerprint density at radius 1 is 1.50 bits per heavy atom. The highest BCUT2D eigenvalue weighted by Gasteiger charge is 2.09. The Kier molecular flexibility index (Phi) is 4.00. The lowest BCUT2D eigenvalue weighted by atomic mass is 10.3. The molecule has 0 saturated carbocycles. The van der Waals surface area contributed by atoms with E-state index >= 15 is 0 Å². The molecule has 1 amide bonds. The van der Waals surface area contributed by atoms with E-state index in [4.69, 9.17) is 10.3 Å². The lowest BCUT2D eigenvalue weighted by molar-refractivity contribution is -0.117. The van der Waals surface area contributed by atoms with Crippen molar-refractivity contribution >= 4 is 21.8 Å². The second-order valence-electron chi connectivity index (χ2n) is 3.47. The van der Waals surface area contributed by atoms with Gasteiger partial charge < -0.3 is 10.3 Å². The van der Waals surface area contributed by atoms with E-state index in [0.717, 1.165) is 10.0 Å². The van der Waals surface area contributed by atoms with Crippen LogP contribution in [0.2, 0.25) is 0 Å². The van der Waals surface area contributed by atoms with Crippen molar-refractivity contribution in [3.63, 3.8) is 0 Å². The summed E-state index contributed by atoms with van der Waals surface area (Å²) in [4.78, 5) is 18.7. The molecule has 0 aliphatic rings. The number of amides is 1. The first-order chi connectivity index (χ1) is 8.65. The third-order valence-electron chi connectivity index (χ3n) is 2.01. The molecule has 18 heavy (non-hydrogen) atoms. The third kappa shape index (κ3) is 3.34. The van der Waals surface area contributed by atoms with Gasteiger partial charge in [-0.3, -0.25) is 15.1 Å². The van der Waals surface area contributed by atoms with Crippen molar-refractivity contribution in [2.45, 2.75) is 6.54 Å². The zero-order valence-electron chi connectivity index (χ0n) is 9.26. The van der Waals surface area contributed by atoms with Crippen LogP contribution < -0.4 is 11.1 Å². The molecule has 7 nitrogen and oxygen atoms in total. The van der Waals surface area contributed by atoms with Crippen molar-refractivity contribution in [2.24, 2.45) is 5.73 Å². The fourth-order valence-corrected chi connectivity index (χ4v) is 1.64. The summed E-state index contributed by atoms with van der Waals surface area (Å²) >= 11 is 3.31. The average Bonchev–Trinajstić information content (AvgIpc) is 2.77. The number of hydrogen-bond donors (Lipinski definition) is 2. The molecule has 2 aromatic rings. The largest absolute Gasteiger partial charge is 0.369 e. The Morgan fingerprint density at radius 2 is 2.33 bits per heavy atom. The first-order valence-electron chi connectivity index (χ1n) is 5.07. The van der Waals surface area contributed by atoms with E-state index in [0.29, 0.717) is 11.7 Å². The van der Waals surface area contributed by atoms with Crippen molar-refractivity contribution in [1.82, 2.24) is 20.4 Å². The van der Waals surface area contributed by atoms with Crippen LogP contribution in [0.15, 0.2) is 27.5 Å². The number of carbonyl (C=O) groups excluding carboxylic acids is 1. The summed E-state index contributed by atoms with van der Waals surface area (Å²) in [6.07, 6.45) is 3.30. The van der Waals surface area contributed by atoms with E-state index in [9.17, 15) is 4.79 Å². The van der Waals surface area contributed by atoms with Crippen molar-refractivity contribution in [2.75, 3.05) is 6.54 Å². The fraction of sp³-hybridized carbons (Fsp3) is 0.200. The number of nitrogens with two attached hydrogens (primary N) is 1. The van der Waals surface area contributed by atoms with E-state index in [1.807, 2.05) is 6.07 Å². The van der Waals surface area contributed by atoms with Crippen LogP contribution in [0, 0.1) is 0 Å². The quantitative estimate of drug-likeness (QED) is 0.831. The van der Waals surface area contributed by atoms with Crippen LogP contribution in [0.4, 0.5) is 0 Å². The molecule has 0 spiro atoms. The topological polar surface area (TPSA) is 107 Å². The Hall–Kier alpha value is -1.80. The van der Waals surface area contributed by atoms with Gasteiger partial charge in [-0.2, -0.15) is 4.98 Å². The number of primary amides is 1. The number of halogens is 1. The predicted molar refractivity (Wildman–Crippen MR) is 66.1 cm³/mol. The first kappa shape index (κ1) is 12.7. The molecule has 0 fully saturated rings. The van der Waals surface area contributed by atoms with Gasteiger partial charge >= 0.3 is 0 Å². The van der Waals surface area contributed by atoms with Gasteiger partial charge in [-0.15, -0.1) is 0 Å². The average molecular weight is 312 g/mol. The maximum Gasteiger partial charge on any atom is 0.240 e. The molecule has 0 atom stereocenters. The Labute approximate surface area is 111 Å². The molecular formula is C10H10BrN5O2. The summed E-state index contributed by atoms with van der Waals surface area (Å²) in [5, 5.41) is 6.60. The number of rotatable bonds is 5. The summed E-state index contributed by atoms with van der Waals surface area (Å²) in [6, 6.07) is 1.83. The lowest BCUT2D eigenvalue weighted by Crippen LogP contribution is -2.28. The van der Waals surface area contributed by atoms with Crippen LogP contribution in [0.3, 0.4) is 0 Å². The van der Waals surface area contributed by atoms with Crippen molar-refractivity contribution in [3.05, 3.63) is 28.8 Å². The van der Waals surface area contributed by atoms with Crippen molar-refractivity contribution in [3.8, 4) is 11.4 Å². The molecule has 0 aliphatic heterocycles. The summed E-state index contributed by atoms with van der Waals surface area (Å²) in [5.41, 5.74) is 5.73. The maximum atomic E-state index is 10.5. The zero-order chi connectivity index (χ0) is 13.0. The zero-order valence-corrected chi connectivity index (χ0v) is 10.8. The van der Waals surface area contributed by atoms with E-state index in [2.05, 4.69) is 36.4 Å². The number of nitrogens with one attached hydrogen (secondary N) is 1. The van der Waals surface area contributed by atoms with Gasteiger partial charge in [0.1, 0.15) is 0 Å². The summed E-state index contributed by atoms with van der Waals surface area (Å²) < 4.78 is 5.85. The van der Waals surface area contributed by atoms with E-state index < -0.39 is 5.91 Å². The molecular weight excluding hydrogens is 302 g/mol. The highest BCUT2D eigenvalue weighted by molar-refractivity contribution is 9.10. The second kappa shape index (κ2) is 5.69. The minimum Gasteiger partial charge on any atom is -0.369 e. The molecule has 2 rings (SSSR count). The first-order valence-corrected chi connectivity index (χ1v) is 5.87. The molecule has 8 heteroatoms. The molecule has 3 N–H and O–H groups in total. The SMILES string of the molecule is NC(=O)CNCc1nc(-c2cncc(Br)c2)no1. The molecule has 94 valence electrons. The monoisotopic (exact) mass is 311 g/mol. The maximum absolute atomic E-state index is 10.5. The molecule has 2 heterocycles. The minimum absolute atomic E-state index is 0.0656. The van der Waals surface area contributed by atoms with Gasteiger partial charge in [0.2, 0.25) is 17.6 Å². The summed E-state index contributed by atoms with van der Waals surface area (Å²) in [5.74, 6) is 0.386. The summed E-state index contributed by atoms with van der Waals surface area (Å²) in [6.45, 7) is 0.355. The highest BCUT2D eigenvalue weighted by atomic mass is 79.9. The van der Waals surface area contributed by atoms with Crippen LogP contribution in [-0.4, -0.2) is 27.6 Å². The minimum atomic E-state index is -0.439. The molecule has 0 bridgehead atoms. The molecule has 0 aliphatic carbocycles. The van der Waals surface area contributed by atoms with Gasteiger partial charge in [0.15, 0.2) is 0 Å². The van der Waals surface area contributed by atoms with Crippen LogP contribution in [0.25, 0.3) is 11.4 Å². The molecule has 0 aromatic carbocycles. The number of nitrogens with zero attached hydrogens (tertiary/aromatic N) is 3. The molecule has 2 aromatic heterocycles. The highest BCUT2D eigenvalue weighted by Crippen LogP contribution is 2.18. The van der Waals surface area contributed by atoms with Gasteiger partial charge in [0, 0.05) is 22.4 Å².